The lowest BCUT2D eigenvalue weighted by Gasteiger charge is -2.54. The zero-order valence-corrected chi connectivity index (χ0v) is 18.7. The van der Waals surface area contributed by atoms with Crippen LogP contribution in [-0.4, -0.2) is 33.7 Å². The second-order valence-corrected chi connectivity index (χ2v) is 10.0. The number of benzene rings is 2. The molecule has 3 atom stereocenters. The Morgan fingerprint density at radius 2 is 1.94 bits per heavy atom. The lowest BCUT2D eigenvalue weighted by Crippen LogP contribution is -2.57. The van der Waals surface area contributed by atoms with Crippen LogP contribution >= 0.6 is 0 Å². The molecule has 3 aromatic rings. The zero-order chi connectivity index (χ0) is 22.7. The molecule has 1 saturated heterocycles. The lowest BCUT2D eigenvalue weighted by molar-refractivity contribution is -0.383. The number of para-hydroxylation sites is 1. The smallest absolute Gasteiger partial charge is 0.293 e. The van der Waals surface area contributed by atoms with Gasteiger partial charge in [0.2, 0.25) is 0 Å². The van der Waals surface area contributed by atoms with Crippen LogP contribution in [0.15, 0.2) is 54.1 Å². The first-order valence-corrected chi connectivity index (χ1v) is 11.8. The van der Waals surface area contributed by atoms with E-state index in [0.717, 1.165) is 54.6 Å². The highest BCUT2D eigenvalue weighted by atomic mass is 16.6. The first kappa shape index (κ1) is 20.4. The van der Waals surface area contributed by atoms with Crippen molar-refractivity contribution in [1.82, 2.24) is 9.88 Å². The molecule has 2 unspecified atom stereocenters. The summed E-state index contributed by atoms with van der Waals surface area (Å²) in [6, 6.07) is 15.4. The molecule has 0 amide bonds. The van der Waals surface area contributed by atoms with Crippen LogP contribution in [0, 0.1) is 22.0 Å². The van der Waals surface area contributed by atoms with Gasteiger partial charge < -0.3 is 4.98 Å². The van der Waals surface area contributed by atoms with Crippen molar-refractivity contribution in [3.8, 4) is 0 Å². The molecule has 1 N–H and O–H groups in total. The highest BCUT2D eigenvalue weighted by molar-refractivity contribution is 6.00. The van der Waals surface area contributed by atoms with Gasteiger partial charge in [0.15, 0.2) is 5.78 Å². The Balaban J connectivity index is 1.34. The molecule has 168 valence electrons. The van der Waals surface area contributed by atoms with E-state index in [1.54, 1.807) is 12.1 Å². The molecule has 3 aliphatic rings. The number of carbonyl (C=O) groups is 1. The molecule has 1 aliphatic carbocycles. The number of nitro groups is 1. The van der Waals surface area contributed by atoms with Crippen LogP contribution in [0.5, 0.6) is 0 Å². The summed E-state index contributed by atoms with van der Waals surface area (Å²) in [4.78, 5) is 30.4. The summed E-state index contributed by atoms with van der Waals surface area (Å²) < 4.78 is 0. The fourth-order valence-electron chi connectivity index (χ4n) is 6.54. The maximum Gasteiger partial charge on any atom is 0.293 e. The van der Waals surface area contributed by atoms with Crippen LogP contribution in [-0.2, 0) is 16.8 Å². The minimum atomic E-state index is -0.304. The van der Waals surface area contributed by atoms with Gasteiger partial charge in [-0.15, -0.1) is 0 Å². The van der Waals surface area contributed by atoms with E-state index < -0.39 is 0 Å². The third-order valence-electron chi connectivity index (χ3n) is 8.19. The van der Waals surface area contributed by atoms with Crippen molar-refractivity contribution in [2.75, 3.05) is 13.1 Å². The van der Waals surface area contributed by atoms with Crippen molar-refractivity contribution >= 4 is 28.4 Å². The lowest BCUT2D eigenvalue weighted by atomic mass is 9.65. The summed E-state index contributed by atoms with van der Waals surface area (Å²) in [5.41, 5.74) is 4.88. The number of nitro benzene ring substituents is 1. The molecule has 3 heterocycles. The Morgan fingerprint density at radius 3 is 2.73 bits per heavy atom. The summed E-state index contributed by atoms with van der Waals surface area (Å²) in [5.74, 6) is 1.06. The van der Waals surface area contributed by atoms with Crippen LogP contribution in [0.1, 0.15) is 43.0 Å². The highest BCUT2D eigenvalue weighted by Gasteiger charge is 2.50. The monoisotopic (exact) mass is 441 g/mol. The van der Waals surface area contributed by atoms with Gasteiger partial charge in [0.1, 0.15) is 5.52 Å². The molecule has 2 aliphatic heterocycles. The Kier molecular flexibility index (Phi) is 4.56. The predicted octanol–water partition coefficient (Wildman–Crippen LogP) is 5.23. The maximum absolute atomic E-state index is 13.1. The summed E-state index contributed by atoms with van der Waals surface area (Å²) in [6.07, 6.45) is 5.26. The predicted molar refractivity (Wildman–Crippen MR) is 128 cm³/mol. The number of Topliss-reactive ketones (excluding diaryl/α,β-unsaturated/α-hetero) is 1. The molecule has 0 spiro atoms. The van der Waals surface area contributed by atoms with E-state index in [9.17, 15) is 14.9 Å². The second kappa shape index (κ2) is 7.39. The summed E-state index contributed by atoms with van der Waals surface area (Å²) >= 11 is 0. The molecule has 6 rings (SSSR count). The normalized spacial score (nSPS) is 28.4. The number of carbonyl (C=O) groups excluding carboxylic acids is 1. The molecule has 1 aromatic heterocycles. The average Bonchev–Trinajstić information content (AvgIpc) is 3.19. The number of non-ortho nitro benzene ring substituents is 1. The van der Waals surface area contributed by atoms with Crippen molar-refractivity contribution in [2.24, 2.45) is 11.8 Å². The Hall–Kier alpha value is -3.25. The fourth-order valence-corrected chi connectivity index (χ4v) is 6.54. The second-order valence-electron chi connectivity index (χ2n) is 10.0. The van der Waals surface area contributed by atoms with Crippen molar-refractivity contribution in [3.63, 3.8) is 0 Å². The van der Waals surface area contributed by atoms with Gasteiger partial charge in [-0.1, -0.05) is 42.5 Å². The number of hydrogen-bond acceptors (Lipinski definition) is 4. The third kappa shape index (κ3) is 3.16. The molecule has 6 nitrogen and oxygen atoms in total. The molecule has 1 saturated carbocycles. The zero-order valence-electron chi connectivity index (χ0n) is 18.7. The van der Waals surface area contributed by atoms with Gasteiger partial charge in [-0.05, 0) is 60.8 Å². The topological polar surface area (TPSA) is 79.2 Å². The highest BCUT2D eigenvalue weighted by Crippen LogP contribution is 2.51. The van der Waals surface area contributed by atoms with Crippen LogP contribution in [0.2, 0.25) is 0 Å². The third-order valence-corrected chi connectivity index (χ3v) is 8.19. The molecule has 0 bridgehead atoms. The number of nitrogens with one attached hydrogen (secondary N) is 1. The number of rotatable bonds is 2. The van der Waals surface area contributed by atoms with Gasteiger partial charge >= 0.3 is 0 Å². The van der Waals surface area contributed by atoms with Crippen molar-refractivity contribution < 1.29 is 9.72 Å². The molecule has 33 heavy (non-hydrogen) atoms. The fraction of sp³-hybridized carbons (Fsp3) is 0.370. The van der Waals surface area contributed by atoms with Gasteiger partial charge in [0.25, 0.3) is 5.69 Å². The standard InChI is InChI=1S/C27H27N3O3/c1-27-15-19-14-24(31)18(12-17-6-3-2-4-7-17)13-20(19)16-29(27)11-10-22-21-8-5-9-23(30(32)33)25(21)28-26(22)27/h2-9,12,19-20,28H,10-11,13-16H2,1H3/t19?,20?,27-/m0/s1. The number of H-pyrrole nitrogens is 1. The van der Waals surface area contributed by atoms with E-state index in [0.29, 0.717) is 23.8 Å². The summed E-state index contributed by atoms with van der Waals surface area (Å²) in [5, 5.41) is 12.6. The Labute approximate surface area is 192 Å². The van der Waals surface area contributed by atoms with Crippen molar-refractivity contribution in [1.29, 1.82) is 0 Å². The number of allylic oxidation sites excluding steroid dienone is 1. The van der Waals surface area contributed by atoms with Crippen LogP contribution in [0.3, 0.4) is 0 Å². The van der Waals surface area contributed by atoms with Crippen molar-refractivity contribution in [2.45, 2.75) is 38.1 Å². The molecule has 2 aromatic carbocycles. The van der Waals surface area contributed by atoms with E-state index in [-0.39, 0.29) is 21.9 Å². The molecule has 2 fully saturated rings. The van der Waals surface area contributed by atoms with E-state index >= 15 is 0 Å². The number of hydrogen-bond donors (Lipinski definition) is 1. The summed E-state index contributed by atoms with van der Waals surface area (Å²) in [7, 11) is 0. The molecular formula is C27H27N3O3. The number of ketones is 1. The minimum absolute atomic E-state index is 0.134. The van der Waals surface area contributed by atoms with E-state index in [4.69, 9.17) is 0 Å². The SMILES string of the molecule is C[C@@]12CC3CC(=O)C(=Cc4ccccc4)CC3CN1CCc1c2[nH]c2c([N+](=O)[O-])cccc12. The first-order valence-electron chi connectivity index (χ1n) is 11.8. The Bertz CT molecular complexity index is 1310. The maximum atomic E-state index is 13.1. The van der Waals surface area contributed by atoms with Gasteiger partial charge in [-0.25, -0.2) is 0 Å². The first-order chi connectivity index (χ1) is 15.9. The van der Waals surface area contributed by atoms with E-state index in [1.807, 2.05) is 36.4 Å². The quantitative estimate of drug-likeness (QED) is 0.335. The molecule has 0 radical (unpaired) electrons. The van der Waals surface area contributed by atoms with Crippen molar-refractivity contribution in [3.05, 3.63) is 81.0 Å². The summed E-state index contributed by atoms with van der Waals surface area (Å²) in [6.45, 7) is 4.15. The van der Waals surface area contributed by atoms with E-state index in [1.165, 1.54) is 5.56 Å². The molecular weight excluding hydrogens is 414 g/mol. The van der Waals surface area contributed by atoms with Gasteiger partial charge in [0.05, 0.1) is 10.5 Å². The number of piperidine rings is 1. The largest absolute Gasteiger partial charge is 0.351 e. The van der Waals surface area contributed by atoms with Gasteiger partial charge in [-0.2, -0.15) is 0 Å². The van der Waals surface area contributed by atoms with Gasteiger partial charge in [0, 0.05) is 36.7 Å². The van der Waals surface area contributed by atoms with E-state index in [2.05, 4.69) is 22.9 Å². The average molecular weight is 442 g/mol. The van der Waals surface area contributed by atoms with Crippen LogP contribution in [0.25, 0.3) is 17.0 Å². The Morgan fingerprint density at radius 1 is 1.12 bits per heavy atom. The minimum Gasteiger partial charge on any atom is -0.351 e. The number of nitrogens with zero attached hydrogens (tertiary/aromatic N) is 2. The van der Waals surface area contributed by atoms with Crippen LogP contribution < -0.4 is 0 Å². The van der Waals surface area contributed by atoms with Crippen LogP contribution in [0.4, 0.5) is 5.69 Å². The molecule has 6 heteroatoms. The number of aromatic amines is 1. The number of fused-ring (bicyclic) bond motifs is 6. The van der Waals surface area contributed by atoms with Gasteiger partial charge in [-0.3, -0.25) is 19.8 Å². The number of aromatic nitrogens is 1.